The van der Waals surface area contributed by atoms with Gasteiger partial charge in [-0.05, 0) is 49.0 Å². The molecule has 0 atom stereocenters. The zero-order valence-electron chi connectivity index (χ0n) is 16.5. The third-order valence-corrected chi connectivity index (χ3v) is 7.10. The van der Waals surface area contributed by atoms with Crippen molar-refractivity contribution in [1.29, 1.82) is 0 Å². The number of thiazole rings is 1. The second-order valence-electron chi connectivity index (χ2n) is 6.71. The minimum absolute atomic E-state index is 0.148. The Morgan fingerprint density at radius 3 is 2.63 bits per heavy atom. The lowest BCUT2D eigenvalue weighted by Crippen LogP contribution is -2.19. The van der Waals surface area contributed by atoms with Gasteiger partial charge in [0.2, 0.25) is 0 Å². The average molecular weight is 460 g/mol. The zero-order chi connectivity index (χ0) is 21.4. The first kappa shape index (κ1) is 20.8. The molecule has 4 aromatic rings. The van der Waals surface area contributed by atoms with Crippen molar-refractivity contribution < 1.29 is 9.13 Å². The molecule has 2 aromatic carbocycles. The van der Waals surface area contributed by atoms with Crippen molar-refractivity contribution in [3.8, 4) is 11.4 Å². The molecular formula is C21H18FN3O2S3. The van der Waals surface area contributed by atoms with Crippen LogP contribution >= 0.6 is 35.3 Å². The Kier molecular flexibility index (Phi) is 5.77. The van der Waals surface area contributed by atoms with Crippen LogP contribution in [0, 0.1) is 16.7 Å². The van der Waals surface area contributed by atoms with Crippen LogP contribution in [0.3, 0.4) is 0 Å². The Morgan fingerprint density at radius 1 is 1.23 bits per heavy atom. The number of thioether (sulfide) groups is 1. The fraction of sp³-hybridized carbons (Fsp3) is 0.190. The molecule has 0 fully saturated rings. The maximum absolute atomic E-state index is 14.0. The standard InChI is InChI=1S/C21H18FN3O2S3/c1-12-4-7-14(8-5-12)25-18-17(30-21(25)28)19(26)24(2)20(23-18)29-11-13-6-9-16(27-3)15(22)10-13/h4-10H,11H2,1-3H3. The van der Waals surface area contributed by atoms with Crippen LogP contribution in [0.4, 0.5) is 4.39 Å². The predicted molar refractivity (Wildman–Crippen MR) is 122 cm³/mol. The van der Waals surface area contributed by atoms with Crippen molar-refractivity contribution >= 4 is 45.7 Å². The lowest BCUT2D eigenvalue weighted by molar-refractivity contribution is 0.386. The smallest absolute Gasteiger partial charge is 0.273 e. The first-order chi connectivity index (χ1) is 14.4. The van der Waals surface area contributed by atoms with E-state index in [1.54, 1.807) is 19.2 Å². The summed E-state index contributed by atoms with van der Waals surface area (Å²) in [5.41, 5.74) is 3.17. The second-order valence-corrected chi connectivity index (χ2v) is 9.29. The van der Waals surface area contributed by atoms with Crippen molar-refractivity contribution in [2.24, 2.45) is 7.05 Å². The molecule has 4 rings (SSSR count). The van der Waals surface area contributed by atoms with Crippen LogP contribution in [0.25, 0.3) is 16.0 Å². The van der Waals surface area contributed by atoms with E-state index in [4.69, 9.17) is 21.9 Å². The van der Waals surface area contributed by atoms with E-state index in [1.165, 1.54) is 40.8 Å². The quantitative estimate of drug-likeness (QED) is 0.231. The molecule has 30 heavy (non-hydrogen) atoms. The Morgan fingerprint density at radius 2 is 1.97 bits per heavy atom. The first-order valence-corrected chi connectivity index (χ1v) is 11.2. The molecule has 2 aromatic heterocycles. The first-order valence-electron chi connectivity index (χ1n) is 9.04. The summed E-state index contributed by atoms with van der Waals surface area (Å²) in [4.78, 5) is 17.7. The van der Waals surface area contributed by atoms with Crippen molar-refractivity contribution in [3.05, 3.63) is 73.7 Å². The van der Waals surface area contributed by atoms with E-state index in [0.29, 0.717) is 25.2 Å². The maximum atomic E-state index is 14.0. The van der Waals surface area contributed by atoms with E-state index < -0.39 is 5.82 Å². The van der Waals surface area contributed by atoms with E-state index in [9.17, 15) is 9.18 Å². The molecule has 0 aliphatic rings. The number of fused-ring (bicyclic) bond motifs is 1. The number of ether oxygens (including phenoxy) is 1. The molecule has 0 amide bonds. The minimum Gasteiger partial charge on any atom is -0.494 e. The molecule has 0 aliphatic heterocycles. The highest BCUT2D eigenvalue weighted by Gasteiger charge is 2.16. The number of halogens is 1. The van der Waals surface area contributed by atoms with Gasteiger partial charge < -0.3 is 4.74 Å². The van der Waals surface area contributed by atoms with Gasteiger partial charge in [0.25, 0.3) is 5.56 Å². The van der Waals surface area contributed by atoms with Crippen LogP contribution in [0.15, 0.2) is 52.4 Å². The van der Waals surface area contributed by atoms with Crippen molar-refractivity contribution in [3.63, 3.8) is 0 Å². The van der Waals surface area contributed by atoms with E-state index in [2.05, 4.69) is 0 Å². The summed E-state index contributed by atoms with van der Waals surface area (Å²) in [6.07, 6.45) is 0. The Hall–Kier alpha value is -2.49. The molecular weight excluding hydrogens is 441 g/mol. The van der Waals surface area contributed by atoms with Crippen LogP contribution in [0.5, 0.6) is 5.75 Å². The average Bonchev–Trinajstić information content (AvgIpc) is 3.06. The van der Waals surface area contributed by atoms with E-state index in [0.717, 1.165) is 16.8 Å². The number of methoxy groups -OCH3 is 1. The molecule has 0 spiro atoms. The summed E-state index contributed by atoms with van der Waals surface area (Å²) >= 11 is 8.15. The molecule has 5 nitrogen and oxygen atoms in total. The summed E-state index contributed by atoms with van der Waals surface area (Å²) in [5, 5.41) is 0.539. The van der Waals surface area contributed by atoms with Gasteiger partial charge in [-0.15, -0.1) is 0 Å². The monoisotopic (exact) mass is 459 g/mol. The Bertz CT molecular complexity index is 1360. The summed E-state index contributed by atoms with van der Waals surface area (Å²) in [5.74, 6) is 0.243. The number of benzene rings is 2. The number of aromatic nitrogens is 3. The van der Waals surface area contributed by atoms with Gasteiger partial charge in [-0.1, -0.05) is 46.9 Å². The Labute approximate surface area is 185 Å². The number of aryl methyl sites for hydroxylation is 1. The van der Waals surface area contributed by atoms with Crippen molar-refractivity contribution in [2.45, 2.75) is 17.8 Å². The fourth-order valence-corrected chi connectivity index (χ4v) is 5.26. The van der Waals surface area contributed by atoms with Crippen molar-refractivity contribution in [2.75, 3.05) is 7.11 Å². The third-order valence-electron chi connectivity index (χ3n) is 4.65. The molecule has 9 heteroatoms. The molecule has 0 saturated carbocycles. The van der Waals surface area contributed by atoms with Gasteiger partial charge in [-0.3, -0.25) is 13.9 Å². The van der Waals surface area contributed by atoms with Crippen LogP contribution < -0.4 is 10.3 Å². The number of nitrogens with zero attached hydrogens (tertiary/aromatic N) is 3. The number of rotatable bonds is 5. The minimum atomic E-state index is -0.418. The third kappa shape index (κ3) is 3.80. The SMILES string of the molecule is COc1ccc(CSc2nc3c(sc(=S)n3-c3ccc(C)cc3)c(=O)n2C)cc1F. The van der Waals surface area contributed by atoms with Gasteiger partial charge in [-0.2, -0.15) is 0 Å². The predicted octanol–water partition coefficient (Wildman–Crippen LogP) is 5.26. The molecule has 2 heterocycles. The number of hydrogen-bond acceptors (Lipinski definition) is 6. The maximum Gasteiger partial charge on any atom is 0.273 e. The van der Waals surface area contributed by atoms with Gasteiger partial charge >= 0.3 is 0 Å². The highest BCUT2D eigenvalue weighted by Crippen LogP contribution is 2.28. The molecule has 0 aliphatic carbocycles. The van der Waals surface area contributed by atoms with Crippen LogP contribution in [-0.4, -0.2) is 21.2 Å². The molecule has 0 N–H and O–H groups in total. The molecule has 0 radical (unpaired) electrons. The van der Waals surface area contributed by atoms with E-state index >= 15 is 0 Å². The van der Waals surface area contributed by atoms with Crippen LogP contribution in [0.1, 0.15) is 11.1 Å². The lowest BCUT2D eigenvalue weighted by Gasteiger charge is -2.10. The highest BCUT2D eigenvalue weighted by molar-refractivity contribution is 7.98. The van der Waals surface area contributed by atoms with Crippen LogP contribution in [-0.2, 0) is 12.8 Å². The number of hydrogen-bond donors (Lipinski definition) is 0. The Balaban J connectivity index is 1.75. The molecule has 154 valence electrons. The molecule has 0 bridgehead atoms. The normalized spacial score (nSPS) is 11.2. The van der Waals surface area contributed by atoms with Gasteiger partial charge in [-0.25, -0.2) is 9.37 Å². The van der Waals surface area contributed by atoms with E-state index in [-0.39, 0.29) is 11.3 Å². The van der Waals surface area contributed by atoms with Gasteiger partial charge in [0.1, 0.15) is 4.70 Å². The summed E-state index contributed by atoms with van der Waals surface area (Å²) in [7, 11) is 3.12. The zero-order valence-corrected chi connectivity index (χ0v) is 19.0. The fourth-order valence-electron chi connectivity index (χ4n) is 3.01. The van der Waals surface area contributed by atoms with Gasteiger partial charge in [0, 0.05) is 18.5 Å². The lowest BCUT2D eigenvalue weighted by atomic mass is 10.2. The van der Waals surface area contributed by atoms with E-state index in [1.807, 2.05) is 35.8 Å². The van der Waals surface area contributed by atoms with Gasteiger partial charge in [0.05, 0.1) is 7.11 Å². The molecule has 0 unspecified atom stereocenters. The van der Waals surface area contributed by atoms with Crippen molar-refractivity contribution in [1.82, 2.24) is 14.1 Å². The molecule has 0 saturated heterocycles. The van der Waals surface area contributed by atoms with Gasteiger partial charge in [0.15, 0.2) is 26.3 Å². The topological polar surface area (TPSA) is 49.1 Å². The largest absolute Gasteiger partial charge is 0.494 e. The summed E-state index contributed by atoms with van der Waals surface area (Å²) < 4.78 is 23.4. The highest BCUT2D eigenvalue weighted by atomic mass is 32.2. The summed E-state index contributed by atoms with van der Waals surface area (Å²) in [6.45, 7) is 2.01. The summed E-state index contributed by atoms with van der Waals surface area (Å²) in [6, 6.07) is 12.7. The second kappa shape index (κ2) is 8.33. The van der Waals surface area contributed by atoms with Crippen LogP contribution in [0.2, 0.25) is 0 Å².